The van der Waals surface area contributed by atoms with E-state index in [1.807, 2.05) is 47.4 Å². The van der Waals surface area contributed by atoms with E-state index in [4.69, 9.17) is 5.11 Å². The fourth-order valence-electron chi connectivity index (χ4n) is 3.33. The standard InChI is InChI=1S/C21H20N4O4S/c26-21(27)17-6-8-18(9-7-17)30(28,29)25-14-12-24(13-15-25)20-11-10-19(22-23-20)16-4-2-1-3-5-16/h1-11H,12-15H2,(H,26,27). The summed E-state index contributed by atoms with van der Waals surface area (Å²) >= 11 is 0. The number of carbonyl (C=O) groups is 1. The van der Waals surface area contributed by atoms with Crippen LogP contribution in [0.25, 0.3) is 11.3 Å². The monoisotopic (exact) mass is 424 g/mol. The van der Waals surface area contributed by atoms with Crippen molar-refractivity contribution >= 4 is 21.8 Å². The molecule has 9 heteroatoms. The Labute approximate surface area is 174 Å². The number of aromatic nitrogens is 2. The van der Waals surface area contributed by atoms with Gasteiger partial charge >= 0.3 is 5.97 Å². The molecule has 1 fully saturated rings. The number of carboxylic acids is 1. The number of hydrogen-bond donors (Lipinski definition) is 1. The number of aromatic carboxylic acids is 1. The highest BCUT2D eigenvalue weighted by atomic mass is 32.2. The molecule has 0 radical (unpaired) electrons. The number of anilines is 1. The normalized spacial score (nSPS) is 15.1. The van der Waals surface area contributed by atoms with Gasteiger partial charge in [0.05, 0.1) is 16.2 Å². The second-order valence-electron chi connectivity index (χ2n) is 6.86. The molecule has 0 bridgehead atoms. The molecule has 154 valence electrons. The molecule has 0 saturated carbocycles. The lowest BCUT2D eigenvalue weighted by Crippen LogP contribution is -2.49. The molecule has 30 heavy (non-hydrogen) atoms. The molecule has 0 unspecified atom stereocenters. The Morgan fingerprint density at radius 1 is 0.833 bits per heavy atom. The van der Waals surface area contributed by atoms with Gasteiger partial charge in [0, 0.05) is 31.7 Å². The summed E-state index contributed by atoms with van der Waals surface area (Å²) in [7, 11) is -3.68. The van der Waals surface area contributed by atoms with Crippen LogP contribution in [0.2, 0.25) is 0 Å². The molecule has 2 aromatic carbocycles. The summed E-state index contributed by atoms with van der Waals surface area (Å²) in [5.74, 6) is -0.385. The predicted octanol–water partition coefficient (Wildman–Crippen LogP) is 2.35. The average molecular weight is 424 g/mol. The molecule has 1 saturated heterocycles. The van der Waals surface area contributed by atoms with Crippen LogP contribution in [0.3, 0.4) is 0 Å². The molecule has 0 amide bonds. The highest BCUT2D eigenvalue weighted by Gasteiger charge is 2.29. The van der Waals surface area contributed by atoms with Gasteiger partial charge in [-0.1, -0.05) is 30.3 Å². The zero-order valence-electron chi connectivity index (χ0n) is 16.0. The van der Waals surface area contributed by atoms with Gasteiger partial charge in [-0.15, -0.1) is 10.2 Å². The van der Waals surface area contributed by atoms with Gasteiger partial charge < -0.3 is 10.0 Å². The molecule has 3 aromatic rings. The van der Waals surface area contributed by atoms with E-state index in [0.29, 0.717) is 32.0 Å². The van der Waals surface area contributed by atoms with E-state index >= 15 is 0 Å². The van der Waals surface area contributed by atoms with E-state index < -0.39 is 16.0 Å². The van der Waals surface area contributed by atoms with Crippen molar-refractivity contribution in [1.82, 2.24) is 14.5 Å². The van der Waals surface area contributed by atoms with Crippen molar-refractivity contribution in [3.05, 3.63) is 72.3 Å². The second-order valence-corrected chi connectivity index (χ2v) is 8.80. The highest BCUT2D eigenvalue weighted by molar-refractivity contribution is 7.89. The highest BCUT2D eigenvalue weighted by Crippen LogP contribution is 2.22. The van der Waals surface area contributed by atoms with Crippen LogP contribution in [0.5, 0.6) is 0 Å². The Morgan fingerprint density at radius 2 is 1.50 bits per heavy atom. The van der Waals surface area contributed by atoms with Gasteiger partial charge in [-0.05, 0) is 36.4 Å². The molecule has 1 N–H and O–H groups in total. The van der Waals surface area contributed by atoms with Gasteiger partial charge in [0.15, 0.2) is 5.82 Å². The van der Waals surface area contributed by atoms with Crippen molar-refractivity contribution in [2.24, 2.45) is 0 Å². The third-order valence-electron chi connectivity index (χ3n) is 5.02. The molecule has 0 atom stereocenters. The Bertz CT molecular complexity index is 1130. The first-order valence-electron chi connectivity index (χ1n) is 9.43. The first kappa shape index (κ1) is 20.0. The lowest BCUT2D eigenvalue weighted by molar-refractivity contribution is 0.0696. The van der Waals surface area contributed by atoms with Crippen LogP contribution in [0.4, 0.5) is 5.82 Å². The molecular formula is C21H20N4O4S. The third-order valence-corrected chi connectivity index (χ3v) is 6.93. The number of carboxylic acid groups (broad SMARTS) is 1. The number of rotatable bonds is 5. The van der Waals surface area contributed by atoms with Gasteiger partial charge in [-0.2, -0.15) is 4.31 Å². The number of benzene rings is 2. The second kappa shape index (κ2) is 8.21. The lowest BCUT2D eigenvalue weighted by Gasteiger charge is -2.34. The fourth-order valence-corrected chi connectivity index (χ4v) is 4.76. The number of piperazine rings is 1. The summed E-state index contributed by atoms with van der Waals surface area (Å²) in [6, 6.07) is 18.8. The molecule has 1 aliphatic rings. The molecule has 2 heterocycles. The van der Waals surface area contributed by atoms with Crippen molar-refractivity contribution in [3.8, 4) is 11.3 Å². The summed E-state index contributed by atoms with van der Waals surface area (Å²) in [5, 5.41) is 17.6. The van der Waals surface area contributed by atoms with E-state index in [0.717, 1.165) is 11.3 Å². The van der Waals surface area contributed by atoms with E-state index in [9.17, 15) is 13.2 Å². The molecule has 4 rings (SSSR count). The largest absolute Gasteiger partial charge is 0.478 e. The van der Waals surface area contributed by atoms with Gasteiger partial charge in [-0.3, -0.25) is 0 Å². The number of hydrogen-bond acceptors (Lipinski definition) is 6. The van der Waals surface area contributed by atoms with Crippen molar-refractivity contribution in [2.75, 3.05) is 31.1 Å². The molecule has 8 nitrogen and oxygen atoms in total. The number of nitrogens with zero attached hydrogens (tertiary/aromatic N) is 4. The smallest absolute Gasteiger partial charge is 0.335 e. The van der Waals surface area contributed by atoms with E-state index in [1.165, 1.54) is 28.6 Å². The third kappa shape index (κ3) is 4.03. The van der Waals surface area contributed by atoms with E-state index in [1.54, 1.807) is 0 Å². The van der Waals surface area contributed by atoms with Crippen LogP contribution in [0, 0.1) is 0 Å². The van der Waals surface area contributed by atoms with Crippen LogP contribution in [0.1, 0.15) is 10.4 Å². The van der Waals surface area contributed by atoms with Crippen LogP contribution in [0.15, 0.2) is 71.6 Å². The minimum Gasteiger partial charge on any atom is -0.478 e. The molecule has 0 aliphatic carbocycles. The van der Waals surface area contributed by atoms with E-state index in [-0.39, 0.29) is 10.5 Å². The van der Waals surface area contributed by atoms with E-state index in [2.05, 4.69) is 10.2 Å². The van der Waals surface area contributed by atoms with Crippen LogP contribution < -0.4 is 4.90 Å². The minimum atomic E-state index is -3.68. The van der Waals surface area contributed by atoms with Crippen molar-refractivity contribution in [2.45, 2.75) is 4.90 Å². The molecule has 1 aromatic heterocycles. The van der Waals surface area contributed by atoms with Gasteiger partial charge in [0.1, 0.15) is 0 Å². The summed E-state index contributed by atoms with van der Waals surface area (Å²) in [5.41, 5.74) is 1.82. The van der Waals surface area contributed by atoms with Crippen molar-refractivity contribution < 1.29 is 18.3 Å². The Kier molecular flexibility index (Phi) is 5.47. The van der Waals surface area contributed by atoms with Crippen molar-refractivity contribution in [3.63, 3.8) is 0 Å². The first-order chi connectivity index (χ1) is 14.4. The van der Waals surface area contributed by atoms with Crippen molar-refractivity contribution in [1.29, 1.82) is 0 Å². The molecular weight excluding hydrogens is 404 g/mol. The molecule has 0 spiro atoms. The Morgan fingerprint density at radius 3 is 2.07 bits per heavy atom. The van der Waals surface area contributed by atoms with Crippen LogP contribution in [-0.2, 0) is 10.0 Å². The maximum Gasteiger partial charge on any atom is 0.335 e. The quantitative estimate of drug-likeness (QED) is 0.670. The summed E-state index contributed by atoms with van der Waals surface area (Å²) in [6.07, 6.45) is 0. The molecule has 1 aliphatic heterocycles. The minimum absolute atomic E-state index is 0.0521. The van der Waals surface area contributed by atoms with Gasteiger partial charge in [0.25, 0.3) is 0 Å². The van der Waals surface area contributed by atoms with Gasteiger partial charge in [-0.25, -0.2) is 13.2 Å². The fraction of sp³-hybridized carbons (Fsp3) is 0.190. The van der Waals surface area contributed by atoms with Crippen LogP contribution in [-0.4, -0.2) is 60.2 Å². The topological polar surface area (TPSA) is 104 Å². The summed E-state index contributed by atoms with van der Waals surface area (Å²) in [4.78, 5) is 13.1. The maximum absolute atomic E-state index is 12.8. The zero-order valence-corrected chi connectivity index (χ0v) is 16.9. The average Bonchev–Trinajstić information content (AvgIpc) is 2.80. The maximum atomic E-state index is 12.8. The van der Waals surface area contributed by atoms with Crippen LogP contribution >= 0.6 is 0 Å². The van der Waals surface area contributed by atoms with Gasteiger partial charge in [0.2, 0.25) is 10.0 Å². The first-order valence-corrected chi connectivity index (χ1v) is 10.9. The Hall–Kier alpha value is -3.30. The summed E-state index contributed by atoms with van der Waals surface area (Å²) < 4.78 is 27.1. The summed E-state index contributed by atoms with van der Waals surface area (Å²) in [6.45, 7) is 1.61. The number of sulfonamides is 1. The zero-order chi connectivity index (χ0) is 21.1. The predicted molar refractivity (Wildman–Crippen MR) is 112 cm³/mol. The Balaban J connectivity index is 1.42. The lowest BCUT2D eigenvalue weighted by atomic mass is 10.1. The SMILES string of the molecule is O=C(O)c1ccc(S(=O)(=O)N2CCN(c3ccc(-c4ccccc4)nn3)CC2)cc1.